The summed E-state index contributed by atoms with van der Waals surface area (Å²) < 4.78 is 0.904. The number of hydrogen-bond donors (Lipinski definition) is 2. The minimum absolute atomic E-state index is 0.0711. The van der Waals surface area contributed by atoms with Crippen LogP contribution in [0.5, 0.6) is 0 Å². The number of amides is 2. The van der Waals surface area contributed by atoms with Crippen molar-refractivity contribution in [3.63, 3.8) is 0 Å². The average Bonchev–Trinajstić information content (AvgIpc) is 2.97. The molecule has 0 aliphatic heterocycles. The summed E-state index contributed by atoms with van der Waals surface area (Å²) in [5, 5.41) is 14.8. The zero-order chi connectivity index (χ0) is 19.8. The molecule has 2 aromatic rings. The van der Waals surface area contributed by atoms with E-state index in [1.807, 2.05) is 51.1 Å². The molecule has 1 atom stereocenters. The summed E-state index contributed by atoms with van der Waals surface area (Å²) in [6.45, 7) is 5.61. The third kappa shape index (κ3) is 6.38. The summed E-state index contributed by atoms with van der Waals surface area (Å²) in [4.78, 5) is 29.3. The molecule has 0 saturated carbocycles. The maximum atomic E-state index is 12.7. The molecule has 1 aromatic heterocycles. The number of thiazole rings is 1. The molecule has 1 aromatic carbocycles. The average molecular weight is 403 g/mol. The van der Waals surface area contributed by atoms with Gasteiger partial charge in [0.1, 0.15) is 6.04 Å². The van der Waals surface area contributed by atoms with Crippen LogP contribution in [0.25, 0.3) is 0 Å². The standard InChI is InChI=1S/C19H22N4O2S2/c1-12(2)16(22-15(24)11-14-7-5-4-6-8-14)17(25)23-19-21-13(3)18(27-19)26-10-9-20/h4-8,12,16H,10-11H2,1-3H3,(H,22,24)(H,21,23,25). The molecule has 0 fully saturated rings. The highest BCUT2D eigenvalue weighted by molar-refractivity contribution is 8.01. The summed E-state index contributed by atoms with van der Waals surface area (Å²) in [7, 11) is 0. The fourth-order valence-corrected chi connectivity index (χ4v) is 4.19. The topological polar surface area (TPSA) is 94.9 Å². The van der Waals surface area contributed by atoms with E-state index in [9.17, 15) is 9.59 Å². The molecule has 2 rings (SSSR count). The van der Waals surface area contributed by atoms with E-state index in [0.29, 0.717) is 10.9 Å². The zero-order valence-electron chi connectivity index (χ0n) is 15.5. The molecule has 1 unspecified atom stereocenters. The largest absolute Gasteiger partial charge is 0.344 e. The summed E-state index contributed by atoms with van der Waals surface area (Å²) >= 11 is 2.73. The van der Waals surface area contributed by atoms with Gasteiger partial charge in [-0.3, -0.25) is 9.59 Å². The molecular formula is C19H22N4O2S2. The Labute approximate surface area is 167 Å². The number of benzene rings is 1. The second-order valence-corrected chi connectivity index (χ2v) is 8.52. The van der Waals surface area contributed by atoms with E-state index >= 15 is 0 Å². The van der Waals surface area contributed by atoms with Crippen LogP contribution >= 0.6 is 23.1 Å². The molecule has 0 aliphatic rings. The number of nitriles is 1. The van der Waals surface area contributed by atoms with Gasteiger partial charge in [0, 0.05) is 0 Å². The molecule has 0 spiro atoms. The van der Waals surface area contributed by atoms with Gasteiger partial charge in [0.15, 0.2) is 5.13 Å². The Balaban J connectivity index is 2.00. The monoisotopic (exact) mass is 402 g/mol. The predicted octanol–water partition coefficient (Wildman–Crippen LogP) is 3.39. The van der Waals surface area contributed by atoms with Crippen molar-refractivity contribution in [1.82, 2.24) is 10.3 Å². The van der Waals surface area contributed by atoms with E-state index in [0.717, 1.165) is 15.5 Å². The van der Waals surface area contributed by atoms with Crippen LogP contribution in [0.15, 0.2) is 34.5 Å². The van der Waals surface area contributed by atoms with Gasteiger partial charge in [-0.05, 0) is 18.4 Å². The Hall–Kier alpha value is -2.37. The van der Waals surface area contributed by atoms with Gasteiger partial charge < -0.3 is 10.6 Å². The molecule has 2 amide bonds. The molecule has 0 saturated heterocycles. The van der Waals surface area contributed by atoms with E-state index in [1.165, 1.54) is 23.1 Å². The normalized spacial score (nSPS) is 11.7. The quantitative estimate of drug-likeness (QED) is 0.660. The first-order chi connectivity index (χ1) is 12.9. The first-order valence-corrected chi connectivity index (χ1v) is 10.3. The van der Waals surface area contributed by atoms with E-state index in [1.54, 1.807) is 0 Å². The third-order valence-corrected chi connectivity index (χ3v) is 6.03. The molecule has 0 radical (unpaired) electrons. The fourth-order valence-electron chi connectivity index (χ4n) is 2.39. The van der Waals surface area contributed by atoms with Crippen LogP contribution in [-0.4, -0.2) is 28.6 Å². The highest BCUT2D eigenvalue weighted by atomic mass is 32.2. The summed E-state index contributed by atoms with van der Waals surface area (Å²) in [6, 6.07) is 10.8. The van der Waals surface area contributed by atoms with Crippen LogP contribution in [0.2, 0.25) is 0 Å². The van der Waals surface area contributed by atoms with Crippen LogP contribution in [0.3, 0.4) is 0 Å². The molecule has 27 heavy (non-hydrogen) atoms. The van der Waals surface area contributed by atoms with Crippen molar-refractivity contribution in [2.45, 2.75) is 37.4 Å². The number of carbonyl (C=O) groups is 2. The lowest BCUT2D eigenvalue weighted by Gasteiger charge is -2.21. The van der Waals surface area contributed by atoms with Gasteiger partial charge in [-0.2, -0.15) is 5.26 Å². The van der Waals surface area contributed by atoms with Gasteiger partial charge in [0.2, 0.25) is 11.8 Å². The number of anilines is 1. The Morgan fingerprint density at radius 3 is 2.63 bits per heavy atom. The third-order valence-electron chi connectivity index (χ3n) is 3.73. The van der Waals surface area contributed by atoms with Crippen LogP contribution in [0.1, 0.15) is 25.1 Å². The minimum Gasteiger partial charge on any atom is -0.344 e. The van der Waals surface area contributed by atoms with Gasteiger partial charge in [-0.15, -0.1) is 0 Å². The van der Waals surface area contributed by atoms with Gasteiger partial charge >= 0.3 is 0 Å². The number of aryl methyl sites for hydroxylation is 1. The Bertz CT molecular complexity index is 828. The lowest BCUT2D eigenvalue weighted by atomic mass is 10.0. The lowest BCUT2D eigenvalue weighted by Crippen LogP contribution is -2.47. The van der Waals surface area contributed by atoms with Crippen molar-refractivity contribution in [1.29, 1.82) is 5.26 Å². The smallest absolute Gasteiger partial charge is 0.248 e. The van der Waals surface area contributed by atoms with E-state index in [4.69, 9.17) is 5.26 Å². The Morgan fingerprint density at radius 2 is 2.00 bits per heavy atom. The maximum absolute atomic E-state index is 12.7. The van der Waals surface area contributed by atoms with Crippen molar-refractivity contribution in [2.24, 2.45) is 5.92 Å². The number of thioether (sulfide) groups is 1. The zero-order valence-corrected chi connectivity index (χ0v) is 17.1. The van der Waals surface area contributed by atoms with Crippen molar-refractivity contribution in [2.75, 3.05) is 11.1 Å². The number of nitrogens with zero attached hydrogens (tertiary/aromatic N) is 2. The van der Waals surface area contributed by atoms with Crippen LogP contribution in [0.4, 0.5) is 5.13 Å². The first-order valence-electron chi connectivity index (χ1n) is 8.52. The van der Waals surface area contributed by atoms with Crippen molar-refractivity contribution < 1.29 is 9.59 Å². The number of aromatic nitrogens is 1. The molecule has 2 N–H and O–H groups in total. The molecular weight excluding hydrogens is 380 g/mol. The van der Waals surface area contributed by atoms with E-state index < -0.39 is 6.04 Å². The van der Waals surface area contributed by atoms with Crippen LogP contribution in [0, 0.1) is 24.2 Å². The van der Waals surface area contributed by atoms with Crippen LogP contribution in [-0.2, 0) is 16.0 Å². The molecule has 142 valence electrons. The molecule has 0 bridgehead atoms. The van der Waals surface area contributed by atoms with Gasteiger partial charge in [0.25, 0.3) is 0 Å². The first kappa shape index (κ1) is 20.9. The van der Waals surface area contributed by atoms with Crippen molar-refractivity contribution >= 4 is 40.0 Å². The minimum atomic E-state index is -0.652. The van der Waals surface area contributed by atoms with E-state index in [-0.39, 0.29) is 24.2 Å². The Kier molecular flexibility index (Phi) is 7.82. The molecule has 0 aliphatic carbocycles. The number of nitrogens with one attached hydrogen (secondary N) is 2. The SMILES string of the molecule is Cc1nc(NC(=O)C(NC(=O)Cc2ccccc2)C(C)C)sc1SCC#N. The fraction of sp³-hybridized carbons (Fsp3) is 0.368. The molecule has 8 heteroatoms. The maximum Gasteiger partial charge on any atom is 0.248 e. The number of hydrogen-bond acceptors (Lipinski definition) is 6. The molecule has 1 heterocycles. The van der Waals surface area contributed by atoms with Gasteiger partial charge in [-0.1, -0.05) is 67.3 Å². The number of rotatable bonds is 8. The van der Waals surface area contributed by atoms with Crippen molar-refractivity contribution in [3.05, 3.63) is 41.6 Å². The van der Waals surface area contributed by atoms with Crippen LogP contribution < -0.4 is 10.6 Å². The predicted molar refractivity (Wildman–Crippen MR) is 109 cm³/mol. The second-order valence-electron chi connectivity index (χ2n) is 6.28. The van der Waals surface area contributed by atoms with Gasteiger partial charge in [-0.25, -0.2) is 4.98 Å². The lowest BCUT2D eigenvalue weighted by molar-refractivity contribution is -0.127. The van der Waals surface area contributed by atoms with E-state index in [2.05, 4.69) is 21.7 Å². The van der Waals surface area contributed by atoms with Gasteiger partial charge in [0.05, 0.1) is 28.1 Å². The second kappa shape index (κ2) is 10.1. The molecule has 6 nitrogen and oxygen atoms in total. The summed E-state index contributed by atoms with van der Waals surface area (Å²) in [5.41, 5.74) is 1.68. The summed E-state index contributed by atoms with van der Waals surface area (Å²) in [6.07, 6.45) is 0.225. The number of carbonyl (C=O) groups excluding carboxylic acids is 2. The highest BCUT2D eigenvalue weighted by Gasteiger charge is 2.25. The summed E-state index contributed by atoms with van der Waals surface area (Å²) in [5.74, 6) is -0.230. The van der Waals surface area contributed by atoms with Crippen molar-refractivity contribution in [3.8, 4) is 6.07 Å². The Morgan fingerprint density at radius 1 is 1.30 bits per heavy atom. The highest BCUT2D eigenvalue weighted by Crippen LogP contribution is 2.31.